The molecule has 1 aromatic carbocycles. The molecule has 0 saturated heterocycles. The molecule has 6 heteroatoms. The zero-order valence-electron chi connectivity index (χ0n) is 15.9. The SMILES string of the molecule is COc1cc(N)cc(/C(=N/OC(C)(C)C(=O)OC(C)(C)C)C2CC2)c1. The second kappa shape index (κ2) is 6.94. The molecule has 2 N–H and O–H groups in total. The van der Waals surface area contributed by atoms with Crippen LogP contribution in [0.3, 0.4) is 0 Å². The summed E-state index contributed by atoms with van der Waals surface area (Å²) in [5, 5.41) is 4.30. The van der Waals surface area contributed by atoms with Gasteiger partial charge in [0.1, 0.15) is 11.4 Å². The number of esters is 1. The number of benzene rings is 1. The zero-order valence-corrected chi connectivity index (χ0v) is 15.9. The van der Waals surface area contributed by atoms with Crippen LogP contribution < -0.4 is 10.5 Å². The van der Waals surface area contributed by atoms with E-state index >= 15 is 0 Å². The summed E-state index contributed by atoms with van der Waals surface area (Å²) in [4.78, 5) is 17.9. The standard InChI is InChI=1S/C19H28N2O4/c1-18(2,3)24-17(22)19(4,5)25-21-16(12-7-8-12)13-9-14(20)11-15(10-13)23-6/h9-12H,7-8,20H2,1-6H3/b21-16+. The van der Waals surface area contributed by atoms with Gasteiger partial charge >= 0.3 is 5.97 Å². The van der Waals surface area contributed by atoms with Crippen molar-refractivity contribution in [2.75, 3.05) is 12.8 Å². The molecule has 0 amide bonds. The molecule has 0 spiro atoms. The Hall–Kier alpha value is -2.24. The molecular weight excluding hydrogens is 320 g/mol. The Bertz CT molecular complexity index is 670. The summed E-state index contributed by atoms with van der Waals surface area (Å²) in [7, 11) is 1.59. The van der Waals surface area contributed by atoms with E-state index in [4.69, 9.17) is 20.0 Å². The van der Waals surface area contributed by atoms with E-state index in [0.717, 1.165) is 24.1 Å². The molecule has 1 aromatic rings. The highest BCUT2D eigenvalue weighted by Gasteiger charge is 2.36. The van der Waals surface area contributed by atoms with Gasteiger partial charge in [0.25, 0.3) is 0 Å². The van der Waals surface area contributed by atoms with Crippen LogP contribution in [-0.2, 0) is 14.4 Å². The number of nitrogens with zero attached hydrogens (tertiary/aromatic N) is 1. The number of ether oxygens (including phenoxy) is 2. The Morgan fingerprint density at radius 1 is 1.16 bits per heavy atom. The maximum absolute atomic E-state index is 12.3. The highest BCUT2D eigenvalue weighted by molar-refractivity contribution is 6.04. The molecule has 2 rings (SSSR count). The molecule has 0 radical (unpaired) electrons. The number of methoxy groups -OCH3 is 1. The van der Waals surface area contributed by atoms with Crippen molar-refractivity contribution in [3.05, 3.63) is 23.8 Å². The summed E-state index contributed by atoms with van der Waals surface area (Å²) >= 11 is 0. The summed E-state index contributed by atoms with van der Waals surface area (Å²) < 4.78 is 10.7. The van der Waals surface area contributed by atoms with Crippen LogP contribution >= 0.6 is 0 Å². The van der Waals surface area contributed by atoms with Crippen molar-refractivity contribution in [3.63, 3.8) is 0 Å². The molecule has 1 saturated carbocycles. The number of nitrogen functional groups attached to an aromatic ring is 1. The maximum Gasteiger partial charge on any atom is 0.353 e. The minimum absolute atomic E-state index is 0.306. The van der Waals surface area contributed by atoms with E-state index in [0.29, 0.717) is 17.4 Å². The highest BCUT2D eigenvalue weighted by atomic mass is 16.7. The Morgan fingerprint density at radius 3 is 2.32 bits per heavy atom. The minimum Gasteiger partial charge on any atom is -0.497 e. The summed E-state index contributed by atoms with van der Waals surface area (Å²) in [5.74, 6) is 0.514. The number of carbonyl (C=O) groups excluding carboxylic acids is 1. The van der Waals surface area contributed by atoms with Crippen molar-refractivity contribution in [2.24, 2.45) is 11.1 Å². The first-order valence-corrected chi connectivity index (χ1v) is 8.46. The van der Waals surface area contributed by atoms with Crippen LogP contribution in [0.4, 0.5) is 5.69 Å². The Labute approximate surface area is 149 Å². The van der Waals surface area contributed by atoms with Crippen LogP contribution in [-0.4, -0.2) is 30.0 Å². The molecular formula is C19H28N2O4. The first kappa shape index (κ1) is 19.1. The Morgan fingerprint density at radius 2 is 1.80 bits per heavy atom. The molecule has 1 aliphatic carbocycles. The van der Waals surface area contributed by atoms with Gasteiger partial charge in [-0.3, -0.25) is 0 Å². The lowest BCUT2D eigenvalue weighted by Gasteiger charge is -2.27. The van der Waals surface area contributed by atoms with Crippen LogP contribution in [0.1, 0.15) is 53.0 Å². The quantitative estimate of drug-likeness (QED) is 0.368. The van der Waals surface area contributed by atoms with E-state index in [1.165, 1.54) is 0 Å². The summed E-state index contributed by atoms with van der Waals surface area (Å²) in [6.45, 7) is 8.75. The molecule has 1 aliphatic rings. The first-order chi connectivity index (χ1) is 11.5. The second-order valence-electron chi connectivity index (χ2n) is 7.85. The van der Waals surface area contributed by atoms with Crippen LogP contribution in [0.25, 0.3) is 0 Å². The van der Waals surface area contributed by atoms with E-state index in [9.17, 15) is 4.79 Å². The molecule has 25 heavy (non-hydrogen) atoms. The van der Waals surface area contributed by atoms with E-state index in [1.54, 1.807) is 27.0 Å². The van der Waals surface area contributed by atoms with Crippen LogP contribution in [0.5, 0.6) is 5.75 Å². The predicted molar refractivity (Wildman–Crippen MR) is 97.7 cm³/mol. The van der Waals surface area contributed by atoms with Crippen molar-refractivity contribution in [3.8, 4) is 5.75 Å². The maximum atomic E-state index is 12.3. The summed E-state index contributed by atoms with van der Waals surface area (Å²) in [6, 6.07) is 5.46. The number of oxime groups is 1. The van der Waals surface area contributed by atoms with Crippen molar-refractivity contribution in [1.29, 1.82) is 0 Å². The smallest absolute Gasteiger partial charge is 0.353 e. The normalized spacial score (nSPS) is 15.7. The molecule has 0 unspecified atom stereocenters. The molecule has 6 nitrogen and oxygen atoms in total. The first-order valence-electron chi connectivity index (χ1n) is 8.46. The minimum atomic E-state index is -1.18. The fraction of sp³-hybridized carbons (Fsp3) is 0.579. The van der Waals surface area contributed by atoms with E-state index in [-0.39, 0.29) is 0 Å². The lowest BCUT2D eigenvalue weighted by Crippen LogP contribution is -2.40. The topological polar surface area (TPSA) is 83.1 Å². The van der Waals surface area contributed by atoms with Crippen LogP contribution in [0.15, 0.2) is 23.4 Å². The zero-order chi connectivity index (χ0) is 18.8. The molecule has 1 fully saturated rings. The average Bonchev–Trinajstić information content (AvgIpc) is 3.29. The lowest BCUT2D eigenvalue weighted by atomic mass is 10.1. The molecule has 0 bridgehead atoms. The average molecular weight is 348 g/mol. The lowest BCUT2D eigenvalue weighted by molar-refractivity contribution is -0.179. The van der Waals surface area contributed by atoms with E-state index in [2.05, 4.69) is 5.16 Å². The third-order valence-electron chi connectivity index (χ3n) is 3.69. The third-order valence-corrected chi connectivity index (χ3v) is 3.69. The molecule has 0 heterocycles. The second-order valence-corrected chi connectivity index (χ2v) is 7.85. The monoisotopic (exact) mass is 348 g/mol. The van der Waals surface area contributed by atoms with Gasteiger partial charge in [-0.15, -0.1) is 0 Å². The highest BCUT2D eigenvalue weighted by Crippen LogP contribution is 2.35. The van der Waals surface area contributed by atoms with Crippen molar-refractivity contribution >= 4 is 17.4 Å². The van der Waals surface area contributed by atoms with Crippen LogP contribution in [0.2, 0.25) is 0 Å². The number of carbonyl (C=O) groups is 1. The number of nitrogens with two attached hydrogens (primary N) is 1. The van der Waals surface area contributed by atoms with Crippen LogP contribution in [0, 0.1) is 5.92 Å². The molecule has 0 atom stereocenters. The van der Waals surface area contributed by atoms with E-state index < -0.39 is 17.2 Å². The summed E-state index contributed by atoms with van der Waals surface area (Å²) in [5.41, 5.74) is 6.40. The third kappa shape index (κ3) is 5.37. The van der Waals surface area contributed by atoms with Gasteiger partial charge in [0.05, 0.1) is 12.8 Å². The predicted octanol–water partition coefficient (Wildman–Crippen LogP) is 3.53. The van der Waals surface area contributed by atoms with Gasteiger partial charge in [-0.25, -0.2) is 4.79 Å². The Kier molecular flexibility index (Phi) is 5.30. The molecule has 138 valence electrons. The van der Waals surface area contributed by atoms with Crippen molar-refractivity contribution < 1.29 is 19.1 Å². The largest absolute Gasteiger partial charge is 0.497 e. The summed E-state index contributed by atoms with van der Waals surface area (Å²) in [6.07, 6.45) is 2.07. The van der Waals surface area contributed by atoms with Gasteiger partial charge < -0.3 is 20.0 Å². The fourth-order valence-electron chi connectivity index (χ4n) is 2.21. The molecule has 0 aliphatic heterocycles. The molecule has 0 aromatic heterocycles. The van der Waals surface area contributed by atoms with Gasteiger partial charge in [-0.1, -0.05) is 5.16 Å². The van der Waals surface area contributed by atoms with Gasteiger partial charge in [0.15, 0.2) is 0 Å². The number of rotatable bonds is 6. The van der Waals surface area contributed by atoms with Gasteiger partial charge in [0, 0.05) is 23.2 Å². The van der Waals surface area contributed by atoms with Crippen molar-refractivity contribution in [1.82, 2.24) is 0 Å². The van der Waals surface area contributed by atoms with Gasteiger partial charge in [-0.2, -0.15) is 0 Å². The van der Waals surface area contributed by atoms with Crippen molar-refractivity contribution in [2.45, 2.75) is 58.7 Å². The number of hydrogen-bond acceptors (Lipinski definition) is 6. The van der Waals surface area contributed by atoms with Gasteiger partial charge in [0.2, 0.25) is 5.60 Å². The number of hydrogen-bond donors (Lipinski definition) is 1. The fourth-order valence-corrected chi connectivity index (χ4v) is 2.21. The van der Waals surface area contributed by atoms with E-state index in [1.807, 2.05) is 32.9 Å². The number of anilines is 1. The Balaban J connectivity index is 2.23. The van der Waals surface area contributed by atoms with Gasteiger partial charge in [-0.05, 0) is 59.6 Å².